The molecule has 114 heavy (non-hydrogen) atoms. The van der Waals surface area contributed by atoms with Crippen LogP contribution in [0.1, 0.15) is 5.56 Å². The number of rotatable bonds is 6. The third-order valence-electron chi connectivity index (χ3n) is 17.2. The van der Waals surface area contributed by atoms with Gasteiger partial charge in [0.1, 0.15) is 12.7 Å². The van der Waals surface area contributed by atoms with E-state index in [0.717, 1.165) is 134 Å². The van der Waals surface area contributed by atoms with Crippen molar-refractivity contribution in [2.45, 2.75) is 6.18 Å². The maximum Gasteiger partial charge on any atom is 0.381 e. The fourth-order valence-electron chi connectivity index (χ4n) is 12.0. The molecule has 0 aliphatic carbocycles. The van der Waals surface area contributed by atoms with Crippen LogP contribution in [0.15, 0.2) is 347 Å². The Balaban J connectivity index is 0.000000156. The molecule has 0 bridgehead atoms. The SMILES string of the molecule is FC(F)(F)c1c[c-]c(-c2ncc3ccccc3n2)cc1.[Ir].[Ir].[Ir].[Ir].[Rh].[Rh].[c-]1ccccc1-c1ncc2c3ccccc3c3ccccc3c2n1.[c-]1ccccc1-c1ncc2ccccc2n1.[c-]1ccccc1-c1ncc2ccccc2n1.[c-]1ccccc1-c1ncnc2ccccc12.[c-]1ccccc1-c1ncnc2ccccc12. The van der Waals surface area contributed by atoms with E-state index in [0.29, 0.717) is 17.2 Å². The Morgan fingerprint density at radius 1 is 0.237 bits per heavy atom. The number of alkyl halides is 3. The molecular formula is C93H57F3Ir4N12Rh2-6. The average Bonchev–Trinajstić information content (AvgIpc) is 0.742. The summed E-state index contributed by atoms with van der Waals surface area (Å²) in [5, 5.41) is 11.0. The second kappa shape index (κ2) is 42.4. The van der Waals surface area contributed by atoms with Crippen molar-refractivity contribution in [1.82, 2.24) is 59.8 Å². The van der Waals surface area contributed by atoms with Crippen LogP contribution >= 0.6 is 0 Å². The quantitative estimate of drug-likeness (QED) is 0.0884. The van der Waals surface area contributed by atoms with Crippen LogP contribution in [0.4, 0.5) is 13.2 Å². The minimum Gasteiger partial charge on any atom is -0.285 e. The Bertz CT molecular complexity index is 6180. The molecule has 0 atom stereocenters. The molecule has 20 aromatic rings. The molecular weight excluding hydrogens is 2320 g/mol. The average molecular weight is 2370 g/mol. The van der Waals surface area contributed by atoms with Gasteiger partial charge in [0.15, 0.2) is 0 Å². The molecule has 0 spiro atoms. The Kier molecular flexibility index (Phi) is 32.5. The second-order valence-electron chi connectivity index (χ2n) is 24.2. The van der Waals surface area contributed by atoms with Crippen LogP contribution in [0, 0.1) is 36.4 Å². The van der Waals surface area contributed by atoms with Crippen LogP contribution in [0.25, 0.3) is 155 Å². The number of benzene rings is 14. The van der Waals surface area contributed by atoms with Gasteiger partial charge in [-0.2, -0.15) is 13.2 Å². The van der Waals surface area contributed by atoms with E-state index in [1.165, 1.54) is 22.2 Å². The molecule has 6 radical (unpaired) electrons. The van der Waals surface area contributed by atoms with E-state index in [-0.39, 0.29) is 119 Å². The zero-order valence-electron chi connectivity index (χ0n) is 59.4. The van der Waals surface area contributed by atoms with Crippen molar-refractivity contribution in [1.29, 1.82) is 0 Å². The first-order valence-corrected chi connectivity index (χ1v) is 34.3. The fourth-order valence-corrected chi connectivity index (χ4v) is 12.0. The number of halogens is 3. The molecule has 0 saturated heterocycles. The normalized spacial score (nSPS) is 10.3. The molecule has 14 aromatic carbocycles. The Hall–Kier alpha value is -10.7. The summed E-state index contributed by atoms with van der Waals surface area (Å²) in [7, 11) is 0. The molecule has 0 N–H and O–H groups in total. The Morgan fingerprint density at radius 2 is 0.535 bits per heavy atom. The summed E-state index contributed by atoms with van der Waals surface area (Å²) in [6, 6.07) is 117. The standard InChI is InChI=1S/C22H13N2.C15H8F3N2.4C14H9N2.4Ir.2Rh/c1-2-8-15(9-3-1)22-23-14-20-18-12-5-4-10-16(18)17-11-6-7-13-19(17)21(20)24-22;16-15(17,18)12-7-5-10(6-8-12)14-19-9-11-3-1-2-4-13(11)20-14;2*1-2-6-11(7-3-1)14-12-8-4-5-9-13(12)15-10-16-14;2*1-2-6-11(7-3-1)14-15-10-12-8-4-5-9-13(12)16-14;;;;;;/h1-8,10-14H;1-5,7-9H;4*1-6,8-10H;;;;;;/q6*-1;;;;;;. The van der Waals surface area contributed by atoms with Crippen molar-refractivity contribution in [3.63, 3.8) is 0 Å². The number of hydrogen-bond donors (Lipinski definition) is 0. The van der Waals surface area contributed by atoms with Crippen molar-refractivity contribution < 1.29 is 133 Å². The summed E-state index contributed by atoms with van der Waals surface area (Å²) >= 11 is 0. The van der Waals surface area contributed by atoms with Crippen molar-refractivity contribution in [2.75, 3.05) is 0 Å². The van der Waals surface area contributed by atoms with Crippen LogP contribution in [0.5, 0.6) is 0 Å². The predicted octanol–water partition coefficient (Wildman–Crippen LogP) is 21.9. The molecule has 6 heterocycles. The van der Waals surface area contributed by atoms with Gasteiger partial charge in [-0.15, -0.1) is 209 Å². The van der Waals surface area contributed by atoms with E-state index in [4.69, 9.17) is 4.98 Å². The maximum absolute atomic E-state index is 12.5. The summed E-state index contributed by atoms with van der Waals surface area (Å²) in [5.74, 6) is 2.51. The first kappa shape index (κ1) is 87.2. The van der Waals surface area contributed by atoms with Gasteiger partial charge >= 0.3 is 6.18 Å². The van der Waals surface area contributed by atoms with Gasteiger partial charge in [-0.05, 0) is 74.2 Å². The first-order valence-electron chi connectivity index (χ1n) is 34.3. The largest absolute Gasteiger partial charge is 0.381 e. The Labute approximate surface area is 735 Å². The third kappa shape index (κ3) is 21.4. The maximum atomic E-state index is 12.5. The molecule has 21 heteroatoms. The zero-order valence-corrected chi connectivity index (χ0v) is 72.3. The number of para-hydroxylation sites is 5. The van der Waals surface area contributed by atoms with E-state index >= 15 is 0 Å². The summed E-state index contributed by atoms with van der Waals surface area (Å²) in [6.07, 6.45) is 6.10. The summed E-state index contributed by atoms with van der Waals surface area (Å²) < 4.78 is 37.4. The van der Waals surface area contributed by atoms with Crippen molar-refractivity contribution in [3.8, 4) is 68.1 Å². The van der Waals surface area contributed by atoms with Crippen LogP contribution in [0.2, 0.25) is 0 Å². The van der Waals surface area contributed by atoms with E-state index in [9.17, 15) is 13.2 Å². The third-order valence-corrected chi connectivity index (χ3v) is 17.2. The van der Waals surface area contributed by atoms with Crippen molar-refractivity contribution >= 4 is 87.0 Å². The summed E-state index contributed by atoms with van der Waals surface area (Å²) in [4.78, 5) is 52.8. The van der Waals surface area contributed by atoms with E-state index in [2.05, 4.69) is 140 Å². The Morgan fingerprint density at radius 3 is 0.895 bits per heavy atom. The molecule has 0 unspecified atom stereocenters. The molecule has 0 aliphatic heterocycles. The summed E-state index contributed by atoms with van der Waals surface area (Å²) in [6.45, 7) is 0. The van der Waals surface area contributed by atoms with E-state index < -0.39 is 11.7 Å². The van der Waals surface area contributed by atoms with Gasteiger partial charge in [-0.3, -0.25) is 49.8 Å². The van der Waals surface area contributed by atoms with Gasteiger partial charge in [-0.25, -0.2) is 9.97 Å². The first-order chi connectivity index (χ1) is 53.2. The van der Waals surface area contributed by atoms with Crippen LogP contribution in [0.3, 0.4) is 0 Å². The second-order valence-corrected chi connectivity index (χ2v) is 24.2. The molecule has 0 amide bonds. The molecule has 12 nitrogen and oxygen atoms in total. The van der Waals surface area contributed by atoms with E-state index in [1.54, 1.807) is 18.9 Å². The monoisotopic (exact) mass is 2380 g/mol. The van der Waals surface area contributed by atoms with Crippen molar-refractivity contribution in [3.05, 3.63) is 389 Å². The fraction of sp³-hybridized carbons (Fsp3) is 0.0108. The van der Waals surface area contributed by atoms with Gasteiger partial charge in [0.2, 0.25) is 0 Å². The molecule has 6 aromatic heterocycles. The van der Waals surface area contributed by atoms with Crippen LogP contribution in [-0.2, 0) is 126 Å². The van der Waals surface area contributed by atoms with Crippen molar-refractivity contribution in [2.24, 2.45) is 0 Å². The molecule has 20 rings (SSSR count). The predicted molar refractivity (Wildman–Crippen MR) is 423 cm³/mol. The molecule has 0 saturated carbocycles. The number of aromatic nitrogens is 12. The molecule has 570 valence electrons. The molecule has 0 fully saturated rings. The minimum absolute atomic E-state index is 0. The summed E-state index contributed by atoms with van der Waals surface area (Å²) in [5.41, 5.74) is 11.9. The van der Waals surface area contributed by atoms with Gasteiger partial charge in [0, 0.05) is 171 Å². The van der Waals surface area contributed by atoms with E-state index in [1.807, 2.05) is 261 Å². The molecule has 0 aliphatic rings. The topological polar surface area (TPSA) is 155 Å². The van der Waals surface area contributed by atoms with Crippen LogP contribution < -0.4 is 0 Å². The van der Waals surface area contributed by atoms with Gasteiger partial charge in [0.05, 0.1) is 56.4 Å². The number of fused-ring (bicyclic) bond motifs is 11. The van der Waals surface area contributed by atoms with Gasteiger partial charge in [0.25, 0.3) is 0 Å². The van der Waals surface area contributed by atoms with Gasteiger partial charge in [-0.1, -0.05) is 140 Å². The van der Waals surface area contributed by atoms with Gasteiger partial charge < -0.3 is 0 Å². The van der Waals surface area contributed by atoms with Crippen LogP contribution in [-0.4, -0.2) is 59.8 Å². The minimum atomic E-state index is -4.36. The zero-order chi connectivity index (χ0) is 73.3. The number of hydrogen-bond acceptors (Lipinski definition) is 12. The number of nitrogens with zero attached hydrogens (tertiary/aromatic N) is 12. The smallest absolute Gasteiger partial charge is 0.285 e.